The third-order valence-electron chi connectivity index (χ3n) is 4.87. The molecular formula is C18H30N2O. The maximum atomic E-state index is 6.78. The van der Waals surface area contributed by atoms with Crippen LogP contribution in [0.4, 0.5) is 0 Å². The predicted molar refractivity (Wildman–Crippen MR) is 88.7 cm³/mol. The van der Waals surface area contributed by atoms with Crippen molar-refractivity contribution >= 4 is 0 Å². The van der Waals surface area contributed by atoms with Crippen LogP contribution in [0.2, 0.25) is 0 Å². The lowest BCUT2D eigenvalue weighted by molar-refractivity contribution is 0.126. The van der Waals surface area contributed by atoms with Crippen LogP contribution in [0, 0.1) is 0 Å². The van der Waals surface area contributed by atoms with Gasteiger partial charge in [0.2, 0.25) is 0 Å². The summed E-state index contributed by atoms with van der Waals surface area (Å²) < 4.78 is 5.25. The first-order valence-electron chi connectivity index (χ1n) is 8.27. The molecule has 3 nitrogen and oxygen atoms in total. The van der Waals surface area contributed by atoms with Crippen LogP contribution in [0.15, 0.2) is 24.3 Å². The fourth-order valence-electron chi connectivity index (χ4n) is 3.61. The molecular weight excluding hydrogens is 260 g/mol. The van der Waals surface area contributed by atoms with Crippen LogP contribution >= 0.6 is 0 Å². The number of likely N-dealkylation sites (tertiary alicyclic amines) is 1. The molecule has 1 heterocycles. The Balaban J connectivity index is 2.20. The lowest BCUT2D eigenvalue weighted by atomic mass is 9.83. The summed E-state index contributed by atoms with van der Waals surface area (Å²) in [4.78, 5) is 2.61. The largest absolute Gasteiger partial charge is 0.497 e. The average molecular weight is 290 g/mol. The number of hydrogen-bond acceptors (Lipinski definition) is 3. The summed E-state index contributed by atoms with van der Waals surface area (Å²) in [5.41, 5.74) is 7.65. The van der Waals surface area contributed by atoms with Crippen LogP contribution in [-0.4, -0.2) is 31.1 Å². The molecule has 0 amide bonds. The third-order valence-corrected chi connectivity index (χ3v) is 4.87. The molecule has 118 valence electrons. The highest BCUT2D eigenvalue weighted by Crippen LogP contribution is 2.30. The number of nitrogens with two attached hydrogens (primary N) is 1. The highest BCUT2D eigenvalue weighted by atomic mass is 16.5. The van der Waals surface area contributed by atoms with Crippen LogP contribution < -0.4 is 10.5 Å². The van der Waals surface area contributed by atoms with Crippen LogP contribution in [0.25, 0.3) is 0 Å². The zero-order chi connectivity index (χ0) is 15.3. The van der Waals surface area contributed by atoms with Crippen molar-refractivity contribution in [3.8, 4) is 5.75 Å². The molecule has 0 aliphatic carbocycles. The van der Waals surface area contributed by atoms with Gasteiger partial charge in [-0.1, -0.05) is 31.9 Å². The third kappa shape index (κ3) is 3.78. The Morgan fingerprint density at radius 2 is 1.71 bits per heavy atom. The van der Waals surface area contributed by atoms with E-state index >= 15 is 0 Å². The molecule has 0 bridgehead atoms. The fraction of sp³-hybridized carbons (Fsp3) is 0.667. The van der Waals surface area contributed by atoms with E-state index < -0.39 is 0 Å². The summed E-state index contributed by atoms with van der Waals surface area (Å²) in [5, 5.41) is 0. The van der Waals surface area contributed by atoms with E-state index in [4.69, 9.17) is 10.5 Å². The minimum Gasteiger partial charge on any atom is -0.497 e. The maximum absolute atomic E-state index is 6.78. The average Bonchev–Trinajstić information content (AvgIpc) is 2.77. The van der Waals surface area contributed by atoms with Gasteiger partial charge in [0.05, 0.1) is 12.6 Å². The molecule has 0 spiro atoms. The first-order valence-corrected chi connectivity index (χ1v) is 8.27. The second-order valence-corrected chi connectivity index (χ2v) is 6.39. The molecule has 1 aliphatic rings. The Bertz CT molecular complexity index is 419. The van der Waals surface area contributed by atoms with E-state index in [1.54, 1.807) is 7.11 Å². The van der Waals surface area contributed by atoms with Crippen LogP contribution in [-0.2, 0) is 5.54 Å². The Morgan fingerprint density at radius 1 is 1.14 bits per heavy atom. The number of benzene rings is 1. The quantitative estimate of drug-likeness (QED) is 0.901. The lowest BCUT2D eigenvalue weighted by Crippen LogP contribution is -2.54. The second kappa shape index (κ2) is 7.28. The smallest absolute Gasteiger partial charge is 0.118 e. The van der Waals surface area contributed by atoms with Gasteiger partial charge < -0.3 is 10.5 Å². The summed E-state index contributed by atoms with van der Waals surface area (Å²) in [6.07, 6.45) is 6.40. The normalized spacial score (nSPS) is 21.3. The van der Waals surface area contributed by atoms with Gasteiger partial charge in [0.25, 0.3) is 0 Å². The second-order valence-electron chi connectivity index (χ2n) is 6.39. The zero-order valence-electron chi connectivity index (χ0n) is 13.8. The SMILES string of the molecule is CCC(N1CCCCCC1)C(C)(N)c1ccc(OC)cc1. The van der Waals surface area contributed by atoms with Crippen molar-refractivity contribution in [3.05, 3.63) is 29.8 Å². The van der Waals surface area contributed by atoms with Crippen molar-refractivity contribution in [2.45, 2.75) is 57.5 Å². The Labute approximate surface area is 129 Å². The summed E-state index contributed by atoms with van der Waals surface area (Å²) in [5.74, 6) is 0.886. The zero-order valence-corrected chi connectivity index (χ0v) is 13.8. The van der Waals surface area contributed by atoms with E-state index in [0.29, 0.717) is 6.04 Å². The minimum atomic E-state index is -0.328. The van der Waals surface area contributed by atoms with E-state index in [2.05, 4.69) is 30.9 Å². The fourth-order valence-corrected chi connectivity index (χ4v) is 3.61. The predicted octanol–water partition coefficient (Wildman–Crippen LogP) is 3.52. The number of nitrogens with zero attached hydrogens (tertiary/aromatic N) is 1. The van der Waals surface area contributed by atoms with E-state index in [-0.39, 0.29) is 5.54 Å². The molecule has 0 aromatic heterocycles. The van der Waals surface area contributed by atoms with E-state index in [1.165, 1.54) is 44.3 Å². The molecule has 3 heteroatoms. The Hall–Kier alpha value is -1.06. The van der Waals surface area contributed by atoms with Crippen molar-refractivity contribution in [1.82, 2.24) is 4.90 Å². The topological polar surface area (TPSA) is 38.5 Å². The molecule has 2 atom stereocenters. The van der Waals surface area contributed by atoms with E-state index in [9.17, 15) is 0 Å². The van der Waals surface area contributed by atoms with Gasteiger partial charge in [-0.15, -0.1) is 0 Å². The highest BCUT2D eigenvalue weighted by Gasteiger charge is 2.35. The number of ether oxygens (including phenoxy) is 1. The Morgan fingerprint density at radius 3 is 2.19 bits per heavy atom. The molecule has 1 saturated heterocycles. The van der Waals surface area contributed by atoms with Gasteiger partial charge in [-0.3, -0.25) is 4.90 Å². The maximum Gasteiger partial charge on any atom is 0.118 e. The van der Waals surface area contributed by atoms with Gasteiger partial charge in [0.15, 0.2) is 0 Å². The molecule has 2 unspecified atom stereocenters. The molecule has 1 aromatic rings. The van der Waals surface area contributed by atoms with Gasteiger partial charge in [-0.2, -0.15) is 0 Å². The van der Waals surface area contributed by atoms with Crippen LogP contribution in [0.3, 0.4) is 0 Å². The van der Waals surface area contributed by atoms with Crippen molar-refractivity contribution in [2.24, 2.45) is 5.73 Å². The first kappa shape index (κ1) is 16.3. The van der Waals surface area contributed by atoms with E-state index in [0.717, 1.165) is 12.2 Å². The van der Waals surface area contributed by atoms with E-state index in [1.807, 2.05) is 12.1 Å². The molecule has 21 heavy (non-hydrogen) atoms. The standard InChI is InChI=1S/C18H30N2O/c1-4-17(20-13-7-5-6-8-14-20)18(2,19)15-9-11-16(21-3)12-10-15/h9-12,17H,4-8,13-14,19H2,1-3H3. The van der Waals surface area contributed by atoms with Crippen molar-refractivity contribution < 1.29 is 4.74 Å². The minimum absolute atomic E-state index is 0.328. The molecule has 0 saturated carbocycles. The van der Waals surface area contributed by atoms with Crippen LogP contribution in [0.1, 0.15) is 51.5 Å². The molecule has 1 aliphatic heterocycles. The van der Waals surface area contributed by atoms with Crippen molar-refractivity contribution in [3.63, 3.8) is 0 Å². The molecule has 2 rings (SSSR count). The van der Waals surface area contributed by atoms with Crippen molar-refractivity contribution in [2.75, 3.05) is 20.2 Å². The highest BCUT2D eigenvalue weighted by molar-refractivity contribution is 5.32. The van der Waals surface area contributed by atoms with Gasteiger partial charge in [0, 0.05) is 6.04 Å². The molecule has 2 N–H and O–H groups in total. The monoisotopic (exact) mass is 290 g/mol. The molecule has 1 fully saturated rings. The van der Waals surface area contributed by atoms with Gasteiger partial charge in [-0.25, -0.2) is 0 Å². The number of hydrogen-bond donors (Lipinski definition) is 1. The molecule has 1 aromatic carbocycles. The number of rotatable bonds is 5. The summed E-state index contributed by atoms with van der Waals surface area (Å²) in [6, 6.07) is 8.63. The van der Waals surface area contributed by atoms with Crippen LogP contribution in [0.5, 0.6) is 5.75 Å². The molecule has 0 radical (unpaired) electrons. The summed E-state index contributed by atoms with van der Waals surface area (Å²) >= 11 is 0. The Kier molecular flexibility index (Phi) is 5.65. The van der Waals surface area contributed by atoms with Gasteiger partial charge in [-0.05, 0) is 57.0 Å². The van der Waals surface area contributed by atoms with Gasteiger partial charge in [0.1, 0.15) is 5.75 Å². The summed E-state index contributed by atoms with van der Waals surface area (Å²) in [7, 11) is 1.70. The lowest BCUT2D eigenvalue weighted by Gasteiger charge is -2.41. The number of methoxy groups -OCH3 is 1. The van der Waals surface area contributed by atoms with Gasteiger partial charge >= 0.3 is 0 Å². The van der Waals surface area contributed by atoms with Crippen molar-refractivity contribution in [1.29, 1.82) is 0 Å². The first-order chi connectivity index (χ1) is 10.1. The summed E-state index contributed by atoms with van der Waals surface area (Å²) in [6.45, 7) is 6.79.